The van der Waals surface area contributed by atoms with Crippen LogP contribution in [0.1, 0.15) is 41.9 Å². The Balaban J connectivity index is 1.80. The molecule has 1 aromatic carbocycles. The average Bonchev–Trinajstić information content (AvgIpc) is 2.57. The third-order valence-electron chi connectivity index (χ3n) is 3.80. The van der Waals surface area contributed by atoms with Gasteiger partial charge in [0, 0.05) is 24.6 Å². The number of carbonyl (C=O) groups is 1. The number of nitrogens with zero attached hydrogens (tertiary/aromatic N) is 2. The number of carbonyl (C=O) groups excluding carboxylic acids is 1. The molecule has 0 saturated carbocycles. The molecule has 6 nitrogen and oxygen atoms in total. The summed E-state index contributed by atoms with van der Waals surface area (Å²) in [5, 5.41) is 7.13. The lowest BCUT2D eigenvalue weighted by Gasteiger charge is -2.26. The van der Waals surface area contributed by atoms with Crippen molar-refractivity contribution in [3.05, 3.63) is 58.0 Å². The van der Waals surface area contributed by atoms with Crippen LogP contribution in [0, 0.1) is 0 Å². The maximum Gasteiger partial charge on any atom is 0.272 e. The molecule has 2 heterocycles. The van der Waals surface area contributed by atoms with E-state index in [0.717, 1.165) is 17.7 Å². The first-order chi connectivity index (χ1) is 11.2. The molecule has 3 rings (SSSR count). The molecular formula is C17H19N3O3. The smallest absolute Gasteiger partial charge is 0.272 e. The summed E-state index contributed by atoms with van der Waals surface area (Å²) in [4.78, 5) is 24.2. The molecule has 1 atom stereocenters. The van der Waals surface area contributed by atoms with Gasteiger partial charge in [0.15, 0.2) is 0 Å². The Kier molecular flexibility index (Phi) is 4.41. The summed E-state index contributed by atoms with van der Waals surface area (Å²) in [5.41, 5.74) is 1.02. The molecule has 0 radical (unpaired) electrons. The van der Waals surface area contributed by atoms with Gasteiger partial charge in [-0.3, -0.25) is 9.59 Å². The van der Waals surface area contributed by atoms with Crippen molar-refractivity contribution in [3.8, 4) is 5.75 Å². The lowest BCUT2D eigenvalue weighted by Crippen LogP contribution is -2.34. The van der Waals surface area contributed by atoms with Crippen molar-refractivity contribution in [1.82, 2.24) is 15.1 Å². The van der Waals surface area contributed by atoms with Crippen molar-refractivity contribution in [2.24, 2.45) is 0 Å². The maximum absolute atomic E-state index is 12.5. The third kappa shape index (κ3) is 3.26. The first kappa shape index (κ1) is 15.3. The third-order valence-corrected chi connectivity index (χ3v) is 3.80. The number of nitrogens with one attached hydrogen (secondary N) is 1. The van der Waals surface area contributed by atoms with Gasteiger partial charge in [0.25, 0.3) is 11.5 Å². The van der Waals surface area contributed by atoms with Gasteiger partial charge in [-0.05, 0) is 18.6 Å². The number of aryl methyl sites for hydroxylation is 1. The summed E-state index contributed by atoms with van der Waals surface area (Å²) in [6.07, 6.45) is 1.49. The Morgan fingerprint density at radius 3 is 3.00 bits per heavy atom. The Morgan fingerprint density at radius 2 is 2.17 bits per heavy atom. The highest BCUT2D eigenvalue weighted by molar-refractivity contribution is 5.92. The number of amides is 1. The topological polar surface area (TPSA) is 73.2 Å². The molecule has 1 aliphatic rings. The van der Waals surface area contributed by atoms with Crippen LogP contribution in [0.25, 0.3) is 0 Å². The van der Waals surface area contributed by atoms with Gasteiger partial charge in [-0.1, -0.05) is 25.1 Å². The van der Waals surface area contributed by atoms with Gasteiger partial charge in [-0.25, -0.2) is 4.68 Å². The van der Waals surface area contributed by atoms with Crippen LogP contribution in [0.2, 0.25) is 0 Å². The van der Waals surface area contributed by atoms with Crippen molar-refractivity contribution < 1.29 is 9.53 Å². The van der Waals surface area contributed by atoms with E-state index >= 15 is 0 Å². The lowest BCUT2D eigenvalue weighted by atomic mass is 10.0. The molecule has 1 aliphatic heterocycles. The number of para-hydroxylation sites is 1. The predicted molar refractivity (Wildman–Crippen MR) is 85.5 cm³/mol. The fraction of sp³-hybridized carbons (Fsp3) is 0.353. The number of rotatable bonds is 4. The molecule has 1 amide bonds. The van der Waals surface area contributed by atoms with Crippen LogP contribution in [0.4, 0.5) is 0 Å². The number of aromatic nitrogens is 2. The van der Waals surface area contributed by atoms with E-state index in [1.54, 1.807) is 0 Å². The van der Waals surface area contributed by atoms with E-state index in [-0.39, 0.29) is 23.2 Å². The van der Waals surface area contributed by atoms with E-state index in [9.17, 15) is 9.59 Å². The zero-order valence-corrected chi connectivity index (χ0v) is 13.0. The van der Waals surface area contributed by atoms with E-state index in [4.69, 9.17) is 4.74 Å². The number of benzene rings is 1. The van der Waals surface area contributed by atoms with Crippen molar-refractivity contribution in [2.75, 3.05) is 6.61 Å². The summed E-state index contributed by atoms with van der Waals surface area (Å²) in [7, 11) is 0. The van der Waals surface area contributed by atoms with E-state index < -0.39 is 0 Å². The molecule has 2 aromatic rings. The second-order valence-corrected chi connectivity index (χ2v) is 5.48. The van der Waals surface area contributed by atoms with Crippen LogP contribution in [-0.2, 0) is 6.54 Å². The Hall–Kier alpha value is -2.63. The van der Waals surface area contributed by atoms with E-state index in [1.807, 2.05) is 31.2 Å². The summed E-state index contributed by atoms with van der Waals surface area (Å²) < 4.78 is 6.92. The SMILES string of the molecule is CCCn1nc(C(=O)N[C@@H]2CCOc3ccccc32)ccc1=O. The van der Waals surface area contributed by atoms with Crippen LogP contribution in [0.3, 0.4) is 0 Å². The Bertz CT molecular complexity index is 770. The van der Waals surface area contributed by atoms with Crippen LogP contribution in [-0.4, -0.2) is 22.3 Å². The molecule has 0 spiro atoms. The molecule has 0 unspecified atom stereocenters. The molecule has 120 valence electrons. The molecule has 0 saturated heterocycles. The molecule has 23 heavy (non-hydrogen) atoms. The zero-order chi connectivity index (χ0) is 16.2. The van der Waals surface area contributed by atoms with Crippen molar-refractivity contribution in [3.63, 3.8) is 0 Å². The largest absolute Gasteiger partial charge is 0.493 e. The summed E-state index contributed by atoms with van der Waals surface area (Å²) in [6, 6.07) is 10.4. The van der Waals surface area contributed by atoms with Crippen molar-refractivity contribution >= 4 is 5.91 Å². The summed E-state index contributed by atoms with van der Waals surface area (Å²) >= 11 is 0. The standard InChI is InChI=1S/C17H19N3O3/c1-2-10-20-16(21)8-7-14(19-20)17(22)18-13-9-11-23-15-6-4-3-5-12(13)15/h3-8,13H,2,9-11H2,1H3,(H,18,22)/t13-/m1/s1. The van der Waals surface area contributed by atoms with E-state index in [0.29, 0.717) is 19.6 Å². The van der Waals surface area contributed by atoms with Gasteiger partial charge >= 0.3 is 0 Å². The molecule has 6 heteroatoms. The highest BCUT2D eigenvalue weighted by Crippen LogP contribution is 2.31. The molecule has 1 N–H and O–H groups in total. The average molecular weight is 313 g/mol. The monoisotopic (exact) mass is 313 g/mol. The summed E-state index contributed by atoms with van der Waals surface area (Å²) in [6.45, 7) is 3.02. The maximum atomic E-state index is 12.5. The molecular weight excluding hydrogens is 294 g/mol. The Labute approximate surface area is 134 Å². The van der Waals surface area contributed by atoms with Gasteiger partial charge in [-0.15, -0.1) is 0 Å². The minimum absolute atomic E-state index is 0.110. The fourth-order valence-corrected chi connectivity index (χ4v) is 2.67. The number of fused-ring (bicyclic) bond motifs is 1. The quantitative estimate of drug-likeness (QED) is 0.936. The van der Waals surface area contributed by atoms with Gasteiger partial charge in [0.05, 0.1) is 12.6 Å². The second kappa shape index (κ2) is 6.64. The van der Waals surface area contributed by atoms with Gasteiger partial charge < -0.3 is 10.1 Å². The minimum atomic E-state index is -0.281. The molecule has 1 aromatic heterocycles. The Morgan fingerprint density at radius 1 is 1.35 bits per heavy atom. The highest BCUT2D eigenvalue weighted by Gasteiger charge is 2.23. The fourth-order valence-electron chi connectivity index (χ4n) is 2.67. The van der Waals surface area contributed by atoms with Crippen molar-refractivity contribution in [2.45, 2.75) is 32.4 Å². The van der Waals surface area contributed by atoms with Gasteiger partial charge in [-0.2, -0.15) is 5.10 Å². The van der Waals surface area contributed by atoms with E-state index in [2.05, 4.69) is 10.4 Å². The van der Waals surface area contributed by atoms with E-state index in [1.165, 1.54) is 16.8 Å². The number of hydrogen-bond donors (Lipinski definition) is 1. The number of ether oxygens (including phenoxy) is 1. The van der Waals surface area contributed by atoms with Gasteiger partial charge in [0.1, 0.15) is 11.4 Å². The summed E-state index contributed by atoms with van der Waals surface area (Å²) in [5.74, 6) is 0.518. The van der Waals surface area contributed by atoms with Crippen LogP contribution in [0.5, 0.6) is 5.75 Å². The minimum Gasteiger partial charge on any atom is -0.493 e. The second-order valence-electron chi connectivity index (χ2n) is 5.48. The first-order valence-electron chi connectivity index (χ1n) is 7.80. The van der Waals surface area contributed by atoms with Gasteiger partial charge in [0.2, 0.25) is 0 Å². The number of hydrogen-bond acceptors (Lipinski definition) is 4. The highest BCUT2D eigenvalue weighted by atomic mass is 16.5. The van der Waals surface area contributed by atoms with Crippen LogP contribution < -0.4 is 15.6 Å². The van der Waals surface area contributed by atoms with Crippen molar-refractivity contribution in [1.29, 1.82) is 0 Å². The molecule has 0 bridgehead atoms. The first-order valence-corrected chi connectivity index (χ1v) is 7.80. The lowest BCUT2D eigenvalue weighted by molar-refractivity contribution is 0.0917. The van der Waals surface area contributed by atoms with Crippen LogP contribution >= 0.6 is 0 Å². The predicted octanol–water partition coefficient (Wildman–Crippen LogP) is 1.91. The molecule has 0 aliphatic carbocycles. The molecule has 0 fully saturated rings. The normalized spacial score (nSPS) is 16.3. The van der Waals surface area contributed by atoms with Crippen LogP contribution in [0.15, 0.2) is 41.2 Å². The zero-order valence-electron chi connectivity index (χ0n) is 13.0.